The molecule has 11 nitrogen and oxygen atoms in total. The van der Waals surface area contributed by atoms with Crippen molar-refractivity contribution in [3.8, 4) is 17.3 Å². The van der Waals surface area contributed by atoms with Gasteiger partial charge in [0.05, 0.1) is 38.1 Å². The maximum absolute atomic E-state index is 12.0. The summed E-state index contributed by atoms with van der Waals surface area (Å²) in [5.74, 6) is 0.607. The Morgan fingerprint density at radius 1 is 1.30 bits per heavy atom. The zero-order chi connectivity index (χ0) is 22.8. The molecule has 0 amide bonds. The normalized spacial score (nSPS) is 25.2. The lowest BCUT2D eigenvalue weighted by molar-refractivity contribution is -0.147. The third kappa shape index (κ3) is 4.99. The molecule has 5 rings (SSSR count). The average molecular weight is 459 g/mol. The Kier molecular flexibility index (Phi) is 6.52. The Labute approximate surface area is 192 Å². The Bertz CT molecular complexity index is 988. The van der Waals surface area contributed by atoms with Crippen molar-refractivity contribution in [3.05, 3.63) is 17.6 Å². The summed E-state index contributed by atoms with van der Waals surface area (Å²) in [6.07, 6.45) is 6.60. The van der Waals surface area contributed by atoms with E-state index in [1.165, 1.54) is 7.11 Å². The standard InChI is InChI=1S/C22H30N6O5/c1-28-17(12-32-22-23-8-9-31-22)19(26-27-28)16-11-24-20(18(25-16)13-6-7-13)33-15-5-3-4-14(10-15)21(29)30-2/h11,13-15,22-23H,3-10,12H2,1-2H3/t14-,15-,22?/m0/s1. The molecule has 2 aliphatic carbocycles. The minimum Gasteiger partial charge on any atom is -0.473 e. The number of carbonyl (C=O) groups is 1. The van der Waals surface area contributed by atoms with Crippen LogP contribution in [-0.2, 0) is 32.7 Å². The molecular formula is C22H30N6O5. The number of methoxy groups -OCH3 is 1. The fraction of sp³-hybridized carbons (Fsp3) is 0.682. The highest BCUT2D eigenvalue weighted by molar-refractivity contribution is 5.72. The van der Waals surface area contributed by atoms with Crippen LogP contribution in [0.3, 0.4) is 0 Å². The quantitative estimate of drug-likeness (QED) is 0.585. The molecule has 2 aromatic heterocycles. The van der Waals surface area contributed by atoms with E-state index in [-0.39, 0.29) is 24.6 Å². The smallest absolute Gasteiger partial charge is 0.308 e. The van der Waals surface area contributed by atoms with Gasteiger partial charge >= 0.3 is 5.97 Å². The van der Waals surface area contributed by atoms with E-state index in [9.17, 15) is 4.79 Å². The van der Waals surface area contributed by atoms with Crippen molar-refractivity contribution in [2.75, 3.05) is 20.3 Å². The number of carbonyl (C=O) groups excluding carboxylic acids is 1. The first kappa shape index (κ1) is 22.2. The molecule has 2 saturated carbocycles. The lowest BCUT2D eigenvalue weighted by Crippen LogP contribution is -2.30. The maximum atomic E-state index is 12.0. The second kappa shape index (κ2) is 9.70. The Hall–Kier alpha value is -2.63. The minimum absolute atomic E-state index is 0.0695. The molecule has 3 aliphatic rings. The SMILES string of the molecule is COC(=O)[C@H]1CCC[C@H](Oc2ncc(-c3nnn(C)c3COC3NCCO3)nc2C2CC2)C1. The number of hydrogen-bond donors (Lipinski definition) is 1. The summed E-state index contributed by atoms with van der Waals surface area (Å²) < 4.78 is 24.2. The third-order valence-electron chi connectivity index (χ3n) is 6.41. The summed E-state index contributed by atoms with van der Waals surface area (Å²) in [6.45, 7) is 1.67. The van der Waals surface area contributed by atoms with Crippen molar-refractivity contribution in [3.63, 3.8) is 0 Å². The van der Waals surface area contributed by atoms with Crippen LogP contribution < -0.4 is 10.1 Å². The first-order chi connectivity index (χ1) is 16.1. The highest BCUT2D eigenvalue weighted by Gasteiger charge is 2.34. The van der Waals surface area contributed by atoms with Gasteiger partial charge in [0.15, 0.2) is 0 Å². The molecule has 178 valence electrons. The predicted octanol–water partition coefficient (Wildman–Crippen LogP) is 1.68. The van der Waals surface area contributed by atoms with E-state index >= 15 is 0 Å². The molecule has 3 atom stereocenters. The molecule has 1 unspecified atom stereocenters. The first-order valence-electron chi connectivity index (χ1n) is 11.6. The topological polar surface area (TPSA) is 123 Å². The number of ether oxygens (including phenoxy) is 4. The van der Waals surface area contributed by atoms with Crippen molar-refractivity contribution >= 4 is 5.97 Å². The van der Waals surface area contributed by atoms with Gasteiger partial charge in [0.2, 0.25) is 12.3 Å². The molecule has 1 aliphatic heterocycles. The van der Waals surface area contributed by atoms with Crippen molar-refractivity contribution < 1.29 is 23.7 Å². The summed E-state index contributed by atoms with van der Waals surface area (Å²) in [7, 11) is 3.26. The van der Waals surface area contributed by atoms with E-state index in [0.29, 0.717) is 36.2 Å². The molecule has 0 bridgehead atoms. The van der Waals surface area contributed by atoms with Gasteiger partial charge in [0.25, 0.3) is 0 Å². The second-order valence-electron chi connectivity index (χ2n) is 8.82. The largest absolute Gasteiger partial charge is 0.473 e. The molecule has 1 N–H and O–H groups in total. The highest BCUT2D eigenvalue weighted by Crippen LogP contribution is 2.44. The minimum atomic E-state index is -0.430. The lowest BCUT2D eigenvalue weighted by Gasteiger charge is -2.28. The molecule has 11 heteroatoms. The Morgan fingerprint density at radius 2 is 2.18 bits per heavy atom. The van der Waals surface area contributed by atoms with Crippen LogP contribution in [0.25, 0.3) is 11.4 Å². The second-order valence-corrected chi connectivity index (χ2v) is 8.82. The highest BCUT2D eigenvalue weighted by atomic mass is 16.7. The summed E-state index contributed by atoms with van der Waals surface area (Å²) in [5, 5.41) is 11.6. The number of esters is 1. The van der Waals surface area contributed by atoms with Crippen LogP contribution >= 0.6 is 0 Å². The van der Waals surface area contributed by atoms with E-state index in [0.717, 1.165) is 50.0 Å². The van der Waals surface area contributed by atoms with Crippen LogP contribution in [0, 0.1) is 5.92 Å². The number of nitrogens with zero attached hydrogens (tertiary/aromatic N) is 5. The average Bonchev–Trinajstić information content (AvgIpc) is 3.42. The van der Waals surface area contributed by atoms with Gasteiger partial charge in [0, 0.05) is 19.5 Å². The van der Waals surface area contributed by atoms with Crippen molar-refractivity contribution in [2.45, 2.75) is 63.6 Å². The molecular weight excluding hydrogens is 428 g/mol. The van der Waals surface area contributed by atoms with Gasteiger partial charge in [-0.2, -0.15) is 0 Å². The molecule has 0 aromatic carbocycles. The van der Waals surface area contributed by atoms with E-state index in [1.807, 2.05) is 7.05 Å². The molecule has 33 heavy (non-hydrogen) atoms. The zero-order valence-electron chi connectivity index (χ0n) is 19.0. The molecule has 1 saturated heterocycles. The molecule has 0 spiro atoms. The van der Waals surface area contributed by atoms with Crippen molar-refractivity contribution in [2.24, 2.45) is 13.0 Å². The summed E-state index contributed by atoms with van der Waals surface area (Å²) in [4.78, 5) is 21.5. The fourth-order valence-electron chi connectivity index (χ4n) is 4.41. The van der Waals surface area contributed by atoms with Crippen molar-refractivity contribution in [1.29, 1.82) is 0 Å². The van der Waals surface area contributed by atoms with Crippen LogP contribution in [0.5, 0.6) is 5.88 Å². The van der Waals surface area contributed by atoms with E-state index < -0.39 is 6.41 Å². The number of aryl methyl sites for hydroxylation is 1. The molecule has 3 heterocycles. The van der Waals surface area contributed by atoms with Crippen LogP contribution in [0.1, 0.15) is 55.8 Å². The van der Waals surface area contributed by atoms with E-state index in [2.05, 4.69) is 20.6 Å². The number of hydrogen-bond acceptors (Lipinski definition) is 10. The van der Waals surface area contributed by atoms with E-state index in [1.54, 1.807) is 10.9 Å². The van der Waals surface area contributed by atoms with E-state index in [4.69, 9.17) is 23.9 Å². The number of nitrogens with one attached hydrogen (secondary N) is 1. The Balaban J connectivity index is 1.34. The number of rotatable bonds is 8. The molecule has 2 aromatic rings. The first-order valence-corrected chi connectivity index (χ1v) is 11.6. The summed E-state index contributed by atoms with van der Waals surface area (Å²) in [5.41, 5.74) is 2.93. The fourth-order valence-corrected chi connectivity index (χ4v) is 4.41. The van der Waals surface area contributed by atoms with Gasteiger partial charge in [-0.25, -0.2) is 14.6 Å². The maximum Gasteiger partial charge on any atom is 0.308 e. The summed E-state index contributed by atoms with van der Waals surface area (Å²) >= 11 is 0. The van der Waals surface area contributed by atoms with Crippen LogP contribution in [0.15, 0.2) is 6.20 Å². The summed E-state index contributed by atoms with van der Waals surface area (Å²) in [6, 6.07) is 0. The predicted molar refractivity (Wildman–Crippen MR) is 115 cm³/mol. The van der Waals surface area contributed by atoms with Gasteiger partial charge in [-0.05, 0) is 38.5 Å². The van der Waals surface area contributed by atoms with Gasteiger partial charge in [-0.3, -0.25) is 10.1 Å². The monoisotopic (exact) mass is 458 g/mol. The molecule has 3 fully saturated rings. The van der Waals surface area contributed by atoms with Crippen LogP contribution in [-0.4, -0.2) is 63.7 Å². The molecule has 0 radical (unpaired) electrons. The third-order valence-corrected chi connectivity index (χ3v) is 6.41. The van der Waals surface area contributed by atoms with Crippen LogP contribution in [0.2, 0.25) is 0 Å². The zero-order valence-corrected chi connectivity index (χ0v) is 19.0. The number of aromatic nitrogens is 5. The van der Waals surface area contributed by atoms with Gasteiger partial charge in [-0.15, -0.1) is 5.10 Å². The van der Waals surface area contributed by atoms with Crippen molar-refractivity contribution in [1.82, 2.24) is 30.3 Å². The lowest BCUT2D eigenvalue weighted by atomic mass is 9.87. The van der Waals surface area contributed by atoms with Crippen LogP contribution in [0.4, 0.5) is 0 Å². The van der Waals surface area contributed by atoms with Gasteiger partial charge in [0.1, 0.15) is 23.2 Å². The van der Waals surface area contributed by atoms with Gasteiger partial charge < -0.3 is 18.9 Å². The van der Waals surface area contributed by atoms with Gasteiger partial charge in [-0.1, -0.05) is 5.21 Å². The Morgan fingerprint density at radius 3 is 2.94 bits per heavy atom.